The predicted molar refractivity (Wildman–Crippen MR) is 78.6 cm³/mol. The van der Waals surface area contributed by atoms with E-state index in [1.807, 2.05) is 31.5 Å². The van der Waals surface area contributed by atoms with Gasteiger partial charge in [0.05, 0.1) is 12.3 Å². The maximum atomic E-state index is 5.68. The standard InChI is InChI=1S/C16H20N2O/c1-4-19-16-11-12(2)5-6-15(16)18-13(3)14-7-9-17-10-8-14/h5-11,13,18H,4H2,1-3H3. The molecule has 0 amide bonds. The van der Waals surface area contributed by atoms with Crippen molar-refractivity contribution in [3.8, 4) is 5.75 Å². The molecule has 2 aromatic rings. The number of hydrogen-bond donors (Lipinski definition) is 1. The SMILES string of the molecule is CCOc1cc(C)ccc1NC(C)c1ccncc1. The average Bonchev–Trinajstić information content (AvgIpc) is 2.43. The van der Waals surface area contributed by atoms with E-state index in [2.05, 4.69) is 42.3 Å². The Hall–Kier alpha value is -2.03. The molecule has 0 aliphatic heterocycles. The van der Waals surface area contributed by atoms with Crippen LogP contribution < -0.4 is 10.1 Å². The number of nitrogens with one attached hydrogen (secondary N) is 1. The minimum absolute atomic E-state index is 0.213. The first-order valence-electron chi connectivity index (χ1n) is 6.60. The maximum Gasteiger partial charge on any atom is 0.142 e. The molecule has 2 rings (SSSR count). The van der Waals surface area contributed by atoms with E-state index < -0.39 is 0 Å². The number of hydrogen-bond acceptors (Lipinski definition) is 3. The van der Waals surface area contributed by atoms with Crippen molar-refractivity contribution in [1.82, 2.24) is 4.98 Å². The number of rotatable bonds is 5. The molecular formula is C16H20N2O. The van der Waals surface area contributed by atoms with Crippen LogP contribution in [0, 0.1) is 6.92 Å². The molecule has 3 nitrogen and oxygen atoms in total. The second-order valence-electron chi connectivity index (χ2n) is 4.58. The molecule has 0 aliphatic rings. The molecule has 1 aromatic carbocycles. The van der Waals surface area contributed by atoms with Gasteiger partial charge in [0.2, 0.25) is 0 Å². The largest absolute Gasteiger partial charge is 0.492 e. The number of pyridine rings is 1. The highest BCUT2D eigenvalue weighted by Gasteiger charge is 2.09. The zero-order chi connectivity index (χ0) is 13.7. The van der Waals surface area contributed by atoms with Gasteiger partial charge in [-0.25, -0.2) is 0 Å². The van der Waals surface area contributed by atoms with Crippen LogP contribution in [0.3, 0.4) is 0 Å². The second kappa shape index (κ2) is 6.23. The van der Waals surface area contributed by atoms with Crippen molar-refractivity contribution in [2.75, 3.05) is 11.9 Å². The fraction of sp³-hybridized carbons (Fsp3) is 0.312. The monoisotopic (exact) mass is 256 g/mol. The Kier molecular flexibility index (Phi) is 4.39. The zero-order valence-electron chi connectivity index (χ0n) is 11.7. The lowest BCUT2D eigenvalue weighted by molar-refractivity contribution is 0.341. The first-order chi connectivity index (χ1) is 9.20. The number of aryl methyl sites for hydroxylation is 1. The molecule has 19 heavy (non-hydrogen) atoms. The number of aromatic nitrogens is 1. The van der Waals surface area contributed by atoms with E-state index in [9.17, 15) is 0 Å². The van der Waals surface area contributed by atoms with Crippen molar-refractivity contribution in [3.63, 3.8) is 0 Å². The highest BCUT2D eigenvalue weighted by molar-refractivity contribution is 5.58. The van der Waals surface area contributed by atoms with Gasteiger partial charge in [-0.1, -0.05) is 6.07 Å². The van der Waals surface area contributed by atoms with Gasteiger partial charge < -0.3 is 10.1 Å². The topological polar surface area (TPSA) is 34.1 Å². The van der Waals surface area contributed by atoms with Crippen molar-refractivity contribution in [2.45, 2.75) is 26.8 Å². The van der Waals surface area contributed by atoms with Crippen molar-refractivity contribution in [3.05, 3.63) is 53.9 Å². The summed E-state index contributed by atoms with van der Waals surface area (Å²) in [7, 11) is 0. The molecule has 0 aliphatic carbocycles. The molecule has 1 N–H and O–H groups in total. The van der Waals surface area contributed by atoms with E-state index in [-0.39, 0.29) is 6.04 Å². The molecule has 0 saturated carbocycles. The van der Waals surface area contributed by atoms with Gasteiger partial charge in [-0.2, -0.15) is 0 Å². The molecule has 0 radical (unpaired) electrons. The molecule has 0 fully saturated rings. The van der Waals surface area contributed by atoms with Crippen LogP contribution in [0.15, 0.2) is 42.7 Å². The quantitative estimate of drug-likeness (QED) is 0.879. The van der Waals surface area contributed by atoms with Gasteiger partial charge in [0.1, 0.15) is 5.75 Å². The Morgan fingerprint density at radius 3 is 2.63 bits per heavy atom. The second-order valence-corrected chi connectivity index (χ2v) is 4.58. The summed E-state index contributed by atoms with van der Waals surface area (Å²) in [5.74, 6) is 0.906. The fourth-order valence-electron chi connectivity index (χ4n) is 1.99. The third-order valence-electron chi connectivity index (χ3n) is 3.02. The maximum absolute atomic E-state index is 5.68. The van der Waals surface area contributed by atoms with E-state index in [0.717, 1.165) is 11.4 Å². The van der Waals surface area contributed by atoms with E-state index in [1.165, 1.54) is 11.1 Å². The summed E-state index contributed by atoms with van der Waals surface area (Å²) in [4.78, 5) is 4.04. The van der Waals surface area contributed by atoms with Crippen LogP contribution in [0.5, 0.6) is 5.75 Å². The molecule has 3 heteroatoms. The van der Waals surface area contributed by atoms with Crippen molar-refractivity contribution in [1.29, 1.82) is 0 Å². The van der Waals surface area contributed by atoms with Crippen LogP contribution in [-0.2, 0) is 0 Å². The third kappa shape index (κ3) is 3.47. The number of nitrogens with zero attached hydrogens (tertiary/aromatic N) is 1. The highest BCUT2D eigenvalue weighted by Crippen LogP contribution is 2.29. The van der Waals surface area contributed by atoms with Crippen molar-refractivity contribution >= 4 is 5.69 Å². The first-order valence-corrected chi connectivity index (χ1v) is 6.60. The lowest BCUT2D eigenvalue weighted by Crippen LogP contribution is -2.08. The van der Waals surface area contributed by atoms with Gasteiger partial charge in [0.25, 0.3) is 0 Å². The van der Waals surface area contributed by atoms with E-state index in [4.69, 9.17) is 4.74 Å². The molecule has 0 saturated heterocycles. The Labute approximate surface area is 114 Å². The van der Waals surface area contributed by atoms with Crippen LogP contribution in [0.2, 0.25) is 0 Å². The Morgan fingerprint density at radius 2 is 1.95 bits per heavy atom. The minimum Gasteiger partial charge on any atom is -0.492 e. The lowest BCUT2D eigenvalue weighted by Gasteiger charge is -2.18. The summed E-state index contributed by atoms with van der Waals surface area (Å²) < 4.78 is 5.68. The summed E-state index contributed by atoms with van der Waals surface area (Å²) in [5.41, 5.74) is 3.43. The molecule has 1 heterocycles. The summed E-state index contributed by atoms with van der Waals surface area (Å²) >= 11 is 0. The summed E-state index contributed by atoms with van der Waals surface area (Å²) in [6.45, 7) is 6.86. The summed E-state index contributed by atoms with van der Waals surface area (Å²) in [5, 5.41) is 3.49. The number of anilines is 1. The van der Waals surface area contributed by atoms with Crippen LogP contribution in [0.1, 0.15) is 31.0 Å². The fourth-order valence-corrected chi connectivity index (χ4v) is 1.99. The van der Waals surface area contributed by atoms with Gasteiger partial charge in [0, 0.05) is 18.4 Å². The molecule has 1 unspecified atom stereocenters. The molecule has 100 valence electrons. The Balaban J connectivity index is 2.18. The molecule has 0 bridgehead atoms. The van der Waals surface area contributed by atoms with Gasteiger partial charge in [-0.05, 0) is 56.2 Å². The smallest absolute Gasteiger partial charge is 0.142 e. The van der Waals surface area contributed by atoms with Crippen LogP contribution in [0.25, 0.3) is 0 Å². The normalized spacial score (nSPS) is 11.9. The van der Waals surface area contributed by atoms with Gasteiger partial charge >= 0.3 is 0 Å². The van der Waals surface area contributed by atoms with E-state index in [1.54, 1.807) is 0 Å². The van der Waals surface area contributed by atoms with Gasteiger partial charge in [-0.3, -0.25) is 4.98 Å². The average molecular weight is 256 g/mol. The minimum atomic E-state index is 0.213. The first kappa shape index (κ1) is 13.4. The number of ether oxygens (including phenoxy) is 1. The van der Waals surface area contributed by atoms with E-state index >= 15 is 0 Å². The van der Waals surface area contributed by atoms with Crippen LogP contribution >= 0.6 is 0 Å². The summed E-state index contributed by atoms with van der Waals surface area (Å²) in [6, 6.07) is 10.5. The van der Waals surface area contributed by atoms with Gasteiger partial charge in [-0.15, -0.1) is 0 Å². The molecule has 1 atom stereocenters. The van der Waals surface area contributed by atoms with Gasteiger partial charge in [0.15, 0.2) is 0 Å². The Bertz CT molecular complexity index is 526. The van der Waals surface area contributed by atoms with Crippen molar-refractivity contribution in [2.24, 2.45) is 0 Å². The highest BCUT2D eigenvalue weighted by atomic mass is 16.5. The Morgan fingerprint density at radius 1 is 1.21 bits per heavy atom. The predicted octanol–water partition coefficient (Wildman–Crippen LogP) is 3.96. The van der Waals surface area contributed by atoms with Crippen LogP contribution in [-0.4, -0.2) is 11.6 Å². The molecular weight excluding hydrogens is 236 g/mol. The zero-order valence-corrected chi connectivity index (χ0v) is 11.7. The lowest BCUT2D eigenvalue weighted by atomic mass is 10.1. The van der Waals surface area contributed by atoms with Crippen LogP contribution in [0.4, 0.5) is 5.69 Å². The summed E-state index contributed by atoms with van der Waals surface area (Å²) in [6.07, 6.45) is 3.62. The number of benzene rings is 1. The molecule has 1 aromatic heterocycles. The van der Waals surface area contributed by atoms with Crippen molar-refractivity contribution < 1.29 is 4.74 Å². The third-order valence-corrected chi connectivity index (χ3v) is 3.02. The molecule has 0 spiro atoms. The van der Waals surface area contributed by atoms with E-state index in [0.29, 0.717) is 6.61 Å².